The van der Waals surface area contributed by atoms with Crippen molar-refractivity contribution in [3.63, 3.8) is 0 Å². The molecule has 0 aromatic rings. The minimum atomic E-state index is -0.206. The Balaban J connectivity index is 1.82. The monoisotopic (exact) mass is 210 g/mol. The molecule has 1 N–H and O–H groups in total. The molecule has 1 saturated carbocycles. The lowest BCUT2D eigenvalue weighted by Gasteiger charge is -2.14. The second-order valence-electron chi connectivity index (χ2n) is 5.01. The van der Waals surface area contributed by atoms with Crippen molar-refractivity contribution in [1.29, 1.82) is 5.26 Å². The molecule has 1 aliphatic carbocycles. The summed E-state index contributed by atoms with van der Waals surface area (Å²) < 4.78 is 5.49. The number of nitriles is 1. The fraction of sp³-hybridized carbons (Fsp3) is 0.917. The highest BCUT2D eigenvalue weighted by Crippen LogP contribution is 2.28. The van der Waals surface area contributed by atoms with E-state index in [0.29, 0.717) is 0 Å². The van der Waals surface area contributed by atoms with Crippen molar-refractivity contribution in [3.8, 4) is 6.07 Å². The maximum atomic E-state index is 8.80. The first kappa shape index (κ1) is 12.5. The third kappa shape index (κ3) is 6.48. The summed E-state index contributed by atoms with van der Waals surface area (Å²) in [6, 6.07) is 2.30. The van der Waals surface area contributed by atoms with Gasteiger partial charge in [0.1, 0.15) is 0 Å². The van der Waals surface area contributed by atoms with Crippen LogP contribution in [0.2, 0.25) is 0 Å². The summed E-state index contributed by atoms with van der Waals surface area (Å²) in [5, 5.41) is 12.1. The molecule has 15 heavy (non-hydrogen) atoms. The van der Waals surface area contributed by atoms with Crippen LogP contribution in [0.1, 0.15) is 33.1 Å². The summed E-state index contributed by atoms with van der Waals surface area (Å²) in [7, 11) is 0. The molecule has 1 rings (SSSR count). The van der Waals surface area contributed by atoms with Crippen LogP contribution < -0.4 is 5.32 Å². The number of rotatable bonds is 8. The number of hydrogen-bond acceptors (Lipinski definition) is 3. The van der Waals surface area contributed by atoms with Gasteiger partial charge in [-0.2, -0.15) is 5.26 Å². The fourth-order valence-corrected chi connectivity index (χ4v) is 1.26. The molecule has 0 unspecified atom stereocenters. The van der Waals surface area contributed by atoms with Crippen LogP contribution in [-0.4, -0.2) is 26.3 Å². The number of nitrogens with one attached hydrogen (secondary N) is 1. The molecule has 0 atom stereocenters. The van der Waals surface area contributed by atoms with E-state index in [4.69, 9.17) is 10.00 Å². The normalized spacial score (nSPS) is 16.3. The van der Waals surface area contributed by atoms with Crippen LogP contribution in [0.5, 0.6) is 0 Å². The third-order valence-electron chi connectivity index (χ3n) is 2.70. The predicted octanol–water partition coefficient (Wildman–Crippen LogP) is 1.94. The highest BCUT2D eigenvalue weighted by Gasteiger charge is 2.20. The molecule has 0 saturated heterocycles. The Morgan fingerprint density at radius 2 is 2.13 bits per heavy atom. The minimum Gasteiger partial charge on any atom is -0.380 e. The summed E-state index contributed by atoms with van der Waals surface area (Å²) in [6.45, 7) is 7.47. The van der Waals surface area contributed by atoms with Gasteiger partial charge in [0.05, 0.1) is 18.1 Å². The SMILES string of the molecule is CC(C)(C#N)CCNCCOCC1CC1. The maximum absolute atomic E-state index is 8.80. The molecule has 1 fully saturated rings. The van der Waals surface area contributed by atoms with Crippen molar-refractivity contribution in [3.05, 3.63) is 0 Å². The van der Waals surface area contributed by atoms with E-state index in [-0.39, 0.29) is 5.41 Å². The van der Waals surface area contributed by atoms with Gasteiger partial charge < -0.3 is 10.1 Å². The summed E-state index contributed by atoms with van der Waals surface area (Å²) >= 11 is 0. The van der Waals surface area contributed by atoms with Gasteiger partial charge in [0.25, 0.3) is 0 Å². The van der Waals surface area contributed by atoms with Crippen LogP contribution in [0.4, 0.5) is 0 Å². The van der Waals surface area contributed by atoms with Gasteiger partial charge >= 0.3 is 0 Å². The van der Waals surface area contributed by atoms with Gasteiger partial charge in [-0.05, 0) is 45.6 Å². The largest absolute Gasteiger partial charge is 0.380 e. The van der Waals surface area contributed by atoms with Crippen LogP contribution in [0.3, 0.4) is 0 Å². The third-order valence-corrected chi connectivity index (χ3v) is 2.70. The first-order valence-corrected chi connectivity index (χ1v) is 5.84. The van der Waals surface area contributed by atoms with Crippen LogP contribution in [0, 0.1) is 22.7 Å². The Labute approximate surface area is 92.8 Å². The molecule has 0 aromatic heterocycles. The second-order valence-corrected chi connectivity index (χ2v) is 5.01. The van der Waals surface area contributed by atoms with Crippen LogP contribution >= 0.6 is 0 Å². The van der Waals surface area contributed by atoms with Crippen LogP contribution in [0.15, 0.2) is 0 Å². The van der Waals surface area contributed by atoms with E-state index in [9.17, 15) is 0 Å². The Kier molecular flexibility index (Phi) is 5.07. The zero-order chi connectivity index (χ0) is 11.1. The van der Waals surface area contributed by atoms with E-state index < -0.39 is 0 Å². The first-order chi connectivity index (χ1) is 7.14. The van der Waals surface area contributed by atoms with Crippen LogP contribution in [-0.2, 0) is 4.74 Å². The van der Waals surface area contributed by atoms with Crippen molar-refractivity contribution in [2.75, 3.05) is 26.3 Å². The average Bonchev–Trinajstić information content (AvgIpc) is 3.00. The molecule has 0 heterocycles. The van der Waals surface area contributed by atoms with E-state index in [2.05, 4.69) is 11.4 Å². The fourth-order valence-electron chi connectivity index (χ4n) is 1.26. The van der Waals surface area contributed by atoms with E-state index in [0.717, 1.165) is 38.6 Å². The number of ether oxygens (including phenoxy) is 1. The highest BCUT2D eigenvalue weighted by atomic mass is 16.5. The van der Waals surface area contributed by atoms with Gasteiger partial charge in [-0.3, -0.25) is 0 Å². The first-order valence-electron chi connectivity index (χ1n) is 5.84. The Morgan fingerprint density at radius 3 is 2.73 bits per heavy atom. The lowest BCUT2D eigenvalue weighted by molar-refractivity contribution is 0.126. The van der Waals surface area contributed by atoms with Crippen molar-refractivity contribution < 1.29 is 4.74 Å². The molecule has 3 nitrogen and oxygen atoms in total. The van der Waals surface area contributed by atoms with Gasteiger partial charge in [-0.15, -0.1) is 0 Å². The maximum Gasteiger partial charge on any atom is 0.0684 e. The molecular weight excluding hydrogens is 188 g/mol. The zero-order valence-electron chi connectivity index (χ0n) is 9.88. The lowest BCUT2D eigenvalue weighted by atomic mass is 9.92. The standard InChI is InChI=1S/C12H22N2O/c1-12(2,10-13)5-6-14-7-8-15-9-11-3-4-11/h11,14H,3-9H2,1-2H3. The van der Waals surface area contributed by atoms with Gasteiger partial charge in [0, 0.05) is 13.2 Å². The Bertz CT molecular complexity index is 216. The zero-order valence-corrected chi connectivity index (χ0v) is 9.88. The van der Waals surface area contributed by atoms with E-state index >= 15 is 0 Å². The van der Waals surface area contributed by atoms with Crippen molar-refractivity contribution >= 4 is 0 Å². The summed E-state index contributed by atoms with van der Waals surface area (Å²) in [5.74, 6) is 0.850. The van der Waals surface area contributed by atoms with Gasteiger partial charge in [-0.1, -0.05) is 0 Å². The van der Waals surface area contributed by atoms with Crippen molar-refractivity contribution in [2.45, 2.75) is 33.1 Å². The molecular formula is C12H22N2O. The van der Waals surface area contributed by atoms with Crippen LogP contribution in [0.25, 0.3) is 0 Å². The molecule has 0 amide bonds. The minimum absolute atomic E-state index is 0.206. The molecule has 0 bridgehead atoms. The molecule has 0 aliphatic heterocycles. The van der Waals surface area contributed by atoms with Crippen molar-refractivity contribution in [2.24, 2.45) is 11.3 Å². The van der Waals surface area contributed by atoms with Gasteiger partial charge in [0.15, 0.2) is 0 Å². The number of nitrogens with zero attached hydrogens (tertiary/aromatic N) is 1. The summed E-state index contributed by atoms with van der Waals surface area (Å²) in [4.78, 5) is 0. The quantitative estimate of drug-likeness (QED) is 0.623. The van der Waals surface area contributed by atoms with E-state index in [1.165, 1.54) is 12.8 Å². The molecule has 0 aromatic carbocycles. The Morgan fingerprint density at radius 1 is 1.40 bits per heavy atom. The molecule has 1 aliphatic rings. The second kappa shape index (κ2) is 6.09. The summed E-state index contributed by atoms with van der Waals surface area (Å²) in [6.07, 6.45) is 3.60. The molecule has 0 spiro atoms. The van der Waals surface area contributed by atoms with Gasteiger partial charge in [0.2, 0.25) is 0 Å². The topological polar surface area (TPSA) is 45.0 Å². The molecule has 0 radical (unpaired) electrons. The molecule has 3 heteroatoms. The smallest absolute Gasteiger partial charge is 0.0684 e. The summed E-state index contributed by atoms with van der Waals surface area (Å²) in [5.41, 5.74) is -0.206. The number of hydrogen-bond donors (Lipinski definition) is 1. The van der Waals surface area contributed by atoms with E-state index in [1.807, 2.05) is 13.8 Å². The van der Waals surface area contributed by atoms with Crippen molar-refractivity contribution in [1.82, 2.24) is 5.32 Å². The lowest BCUT2D eigenvalue weighted by Crippen LogP contribution is -2.25. The van der Waals surface area contributed by atoms with Gasteiger partial charge in [-0.25, -0.2) is 0 Å². The van der Waals surface area contributed by atoms with E-state index in [1.54, 1.807) is 0 Å². The molecule has 86 valence electrons. The average molecular weight is 210 g/mol. The highest BCUT2D eigenvalue weighted by molar-refractivity contribution is 4.91. The Hall–Kier alpha value is -0.590. The predicted molar refractivity (Wildman–Crippen MR) is 60.4 cm³/mol.